The van der Waals surface area contributed by atoms with Gasteiger partial charge in [-0.15, -0.1) is 12.6 Å². The summed E-state index contributed by atoms with van der Waals surface area (Å²) in [6.07, 6.45) is 1.63. The molecule has 0 saturated carbocycles. The second kappa shape index (κ2) is 9.93. The fourth-order valence-electron chi connectivity index (χ4n) is 1.98. The van der Waals surface area contributed by atoms with Gasteiger partial charge in [0.1, 0.15) is 0 Å². The molecule has 19 heavy (non-hydrogen) atoms. The summed E-state index contributed by atoms with van der Waals surface area (Å²) >= 11 is 4.02. The Labute approximate surface area is 124 Å². The first kappa shape index (κ1) is 19.1. The Morgan fingerprint density at radius 2 is 1.42 bits per heavy atom. The van der Waals surface area contributed by atoms with Gasteiger partial charge in [-0.2, -0.15) is 0 Å². The van der Waals surface area contributed by atoms with E-state index in [2.05, 4.69) is 26.5 Å². The van der Waals surface area contributed by atoms with Crippen molar-refractivity contribution in [2.45, 2.75) is 53.0 Å². The van der Waals surface area contributed by atoms with Crippen molar-refractivity contribution in [2.75, 3.05) is 19.8 Å². The molecule has 0 aliphatic carbocycles. The van der Waals surface area contributed by atoms with Crippen LogP contribution >= 0.6 is 12.6 Å². The summed E-state index contributed by atoms with van der Waals surface area (Å²) in [5, 5.41) is -0.192. The van der Waals surface area contributed by atoms with E-state index in [-0.39, 0.29) is 10.7 Å². The topological polar surface area (TPSA) is 44.8 Å². The van der Waals surface area contributed by atoms with E-state index in [9.17, 15) is 4.79 Å². The summed E-state index contributed by atoms with van der Waals surface area (Å²) in [6.45, 7) is 11.4. The summed E-state index contributed by atoms with van der Waals surface area (Å²) in [7, 11) is -2.98. The first-order chi connectivity index (χ1) is 8.93. The molecule has 114 valence electrons. The van der Waals surface area contributed by atoms with Gasteiger partial charge in [-0.1, -0.05) is 20.3 Å². The van der Waals surface area contributed by atoms with Crippen LogP contribution in [0.15, 0.2) is 0 Å². The zero-order chi connectivity index (χ0) is 14.9. The van der Waals surface area contributed by atoms with E-state index >= 15 is 0 Å². The Morgan fingerprint density at radius 3 is 1.68 bits per heavy atom. The normalized spacial score (nSPS) is 13.8. The first-order valence-corrected chi connectivity index (χ1v) is 9.33. The van der Waals surface area contributed by atoms with Crippen LogP contribution in [-0.4, -0.2) is 33.7 Å². The van der Waals surface area contributed by atoms with Crippen molar-refractivity contribution in [1.29, 1.82) is 0 Å². The standard InChI is InChI=1S/C13H28O4SSi/c1-6-15-19(16-7-2,17-8-3)12(13(14)18)10-9-11(4)5/h11-12H,6-10H2,1-5H3,(H,14,18). The number of hydrogen-bond donors (Lipinski definition) is 1. The Hall–Kier alpha value is 0.117. The van der Waals surface area contributed by atoms with E-state index in [1.54, 1.807) is 0 Å². The third kappa shape index (κ3) is 6.40. The van der Waals surface area contributed by atoms with Gasteiger partial charge in [-0.25, -0.2) is 0 Å². The molecule has 0 N–H and O–H groups in total. The van der Waals surface area contributed by atoms with E-state index in [0.29, 0.717) is 32.2 Å². The van der Waals surface area contributed by atoms with Crippen molar-refractivity contribution < 1.29 is 18.1 Å². The molecule has 1 unspecified atom stereocenters. The minimum absolute atomic E-state index is 0.192. The van der Waals surface area contributed by atoms with Crippen LogP contribution in [0.5, 0.6) is 0 Å². The molecular weight excluding hydrogens is 280 g/mol. The number of carbonyl (C=O) groups excluding carboxylic acids is 1. The third-order valence-corrected chi connectivity index (χ3v) is 6.83. The average Bonchev–Trinajstić information content (AvgIpc) is 2.29. The molecule has 6 heteroatoms. The predicted octanol–water partition coefficient (Wildman–Crippen LogP) is 3.30. The fraction of sp³-hybridized carbons (Fsp3) is 0.923. The van der Waals surface area contributed by atoms with Crippen LogP contribution in [0.25, 0.3) is 0 Å². The number of thiol groups is 1. The maximum Gasteiger partial charge on any atom is 0.512 e. The van der Waals surface area contributed by atoms with Crippen LogP contribution in [0.1, 0.15) is 47.5 Å². The van der Waals surface area contributed by atoms with Gasteiger partial charge in [0.15, 0.2) is 5.12 Å². The molecular formula is C13H28O4SSi. The number of rotatable bonds is 11. The number of carbonyl (C=O) groups is 1. The molecule has 0 rings (SSSR count). The Kier molecular flexibility index (Phi) is 9.99. The molecule has 0 aromatic carbocycles. The van der Waals surface area contributed by atoms with Crippen LogP contribution in [-0.2, 0) is 18.1 Å². The molecule has 0 heterocycles. The van der Waals surface area contributed by atoms with E-state index in [4.69, 9.17) is 13.3 Å². The van der Waals surface area contributed by atoms with Gasteiger partial charge >= 0.3 is 8.80 Å². The second-order valence-electron chi connectivity index (χ2n) is 4.76. The molecule has 0 aromatic heterocycles. The predicted molar refractivity (Wildman–Crippen MR) is 82.4 cm³/mol. The first-order valence-electron chi connectivity index (χ1n) is 7.08. The van der Waals surface area contributed by atoms with Gasteiger partial charge in [0.25, 0.3) is 0 Å². The lowest BCUT2D eigenvalue weighted by Gasteiger charge is -2.34. The molecule has 0 bridgehead atoms. The molecule has 0 aromatic rings. The zero-order valence-corrected chi connectivity index (χ0v) is 14.7. The lowest BCUT2D eigenvalue weighted by molar-refractivity contribution is -0.112. The third-order valence-electron chi connectivity index (χ3n) is 2.79. The molecule has 0 amide bonds. The SMILES string of the molecule is CCO[Si](OCC)(OCC)C(CCC(C)C)C(=O)S. The minimum Gasteiger partial charge on any atom is -0.373 e. The van der Waals surface area contributed by atoms with Gasteiger partial charge in [0.05, 0.1) is 5.54 Å². The highest BCUT2D eigenvalue weighted by Crippen LogP contribution is 2.33. The van der Waals surface area contributed by atoms with Gasteiger partial charge in [-0.3, -0.25) is 4.79 Å². The van der Waals surface area contributed by atoms with Crippen molar-refractivity contribution in [3.63, 3.8) is 0 Å². The summed E-state index contributed by atoms with van der Waals surface area (Å²) in [5.41, 5.74) is -0.377. The van der Waals surface area contributed by atoms with E-state index < -0.39 is 8.80 Å². The Balaban J connectivity index is 5.12. The van der Waals surface area contributed by atoms with Gasteiger partial charge < -0.3 is 13.3 Å². The molecule has 0 spiro atoms. The second-order valence-corrected chi connectivity index (χ2v) is 7.98. The van der Waals surface area contributed by atoms with Crippen LogP contribution in [0.2, 0.25) is 5.54 Å². The number of hydrogen-bond acceptors (Lipinski definition) is 4. The molecule has 0 radical (unpaired) electrons. The highest BCUT2D eigenvalue weighted by Gasteiger charge is 2.51. The maximum atomic E-state index is 11.9. The van der Waals surface area contributed by atoms with Crippen molar-refractivity contribution >= 4 is 26.5 Å². The Bertz CT molecular complexity index is 244. The smallest absolute Gasteiger partial charge is 0.373 e. The van der Waals surface area contributed by atoms with Crippen molar-refractivity contribution in [3.05, 3.63) is 0 Å². The van der Waals surface area contributed by atoms with Crippen molar-refractivity contribution in [1.82, 2.24) is 0 Å². The Morgan fingerprint density at radius 1 is 1.00 bits per heavy atom. The van der Waals surface area contributed by atoms with Crippen LogP contribution in [0.4, 0.5) is 0 Å². The molecule has 0 aliphatic rings. The van der Waals surface area contributed by atoms with Crippen LogP contribution < -0.4 is 0 Å². The summed E-state index contributed by atoms with van der Waals surface area (Å²) in [5.74, 6) is 0.520. The molecule has 0 saturated heterocycles. The molecule has 1 atom stereocenters. The monoisotopic (exact) mass is 308 g/mol. The average molecular weight is 309 g/mol. The summed E-state index contributed by atoms with van der Waals surface area (Å²) in [4.78, 5) is 11.9. The molecule has 0 aliphatic heterocycles. The quantitative estimate of drug-likeness (QED) is 0.470. The van der Waals surface area contributed by atoms with Gasteiger partial charge in [0.2, 0.25) is 0 Å². The highest BCUT2D eigenvalue weighted by atomic mass is 32.1. The van der Waals surface area contributed by atoms with Gasteiger partial charge in [0, 0.05) is 19.8 Å². The highest BCUT2D eigenvalue weighted by molar-refractivity contribution is 7.97. The maximum absolute atomic E-state index is 11.9. The zero-order valence-electron chi connectivity index (χ0n) is 12.8. The minimum atomic E-state index is -2.98. The lowest BCUT2D eigenvalue weighted by Crippen LogP contribution is -2.52. The fourth-order valence-corrected chi connectivity index (χ4v) is 5.47. The van der Waals surface area contributed by atoms with Crippen LogP contribution in [0, 0.1) is 5.92 Å². The molecule has 0 fully saturated rings. The van der Waals surface area contributed by atoms with Gasteiger partial charge in [-0.05, 0) is 33.1 Å². The van der Waals surface area contributed by atoms with E-state index in [0.717, 1.165) is 6.42 Å². The lowest BCUT2D eigenvalue weighted by atomic mass is 10.1. The van der Waals surface area contributed by atoms with Crippen LogP contribution in [0.3, 0.4) is 0 Å². The molecule has 4 nitrogen and oxygen atoms in total. The van der Waals surface area contributed by atoms with Crippen molar-refractivity contribution in [3.8, 4) is 0 Å². The largest absolute Gasteiger partial charge is 0.512 e. The van der Waals surface area contributed by atoms with E-state index in [1.807, 2.05) is 20.8 Å². The van der Waals surface area contributed by atoms with Crippen molar-refractivity contribution in [2.24, 2.45) is 5.92 Å². The van der Waals surface area contributed by atoms with E-state index in [1.165, 1.54) is 0 Å². The summed E-state index contributed by atoms with van der Waals surface area (Å²) < 4.78 is 17.4. The summed E-state index contributed by atoms with van der Waals surface area (Å²) in [6, 6.07) is 0.